The average Bonchev–Trinajstić information content (AvgIpc) is 2.98. The molecular formula is C12H13N3O5S. The highest BCUT2D eigenvalue weighted by Crippen LogP contribution is 2.27. The second-order valence-electron chi connectivity index (χ2n) is 4.09. The Labute approximate surface area is 121 Å². The molecule has 1 aromatic heterocycles. The highest BCUT2D eigenvalue weighted by Gasteiger charge is 2.26. The molecule has 0 fully saturated rings. The summed E-state index contributed by atoms with van der Waals surface area (Å²) in [5.41, 5.74) is -0.0412. The fourth-order valence-corrected chi connectivity index (χ4v) is 2.84. The van der Waals surface area contributed by atoms with Gasteiger partial charge in [0, 0.05) is 18.8 Å². The highest BCUT2D eigenvalue weighted by atomic mass is 32.2. The van der Waals surface area contributed by atoms with Crippen molar-refractivity contribution in [1.82, 2.24) is 4.72 Å². The number of anilines is 1. The molecule has 1 heterocycles. The molecule has 0 spiro atoms. The maximum atomic E-state index is 12.2. The minimum absolute atomic E-state index is 0.0831. The monoisotopic (exact) mass is 311 g/mol. The number of nitro benzene ring substituents is 1. The van der Waals surface area contributed by atoms with Gasteiger partial charge in [-0.1, -0.05) is 0 Å². The second kappa shape index (κ2) is 5.94. The number of nitrogens with one attached hydrogen (secondary N) is 2. The third kappa shape index (κ3) is 3.38. The smallest absolute Gasteiger partial charge is 0.291 e. The number of nitrogens with zero attached hydrogens (tertiary/aromatic N) is 1. The van der Waals surface area contributed by atoms with Gasteiger partial charge in [-0.25, -0.2) is 13.1 Å². The zero-order valence-electron chi connectivity index (χ0n) is 11.1. The largest absolute Gasteiger partial charge is 0.468 e. The van der Waals surface area contributed by atoms with Crippen LogP contribution in [0.4, 0.5) is 11.4 Å². The van der Waals surface area contributed by atoms with Gasteiger partial charge in [-0.15, -0.1) is 0 Å². The van der Waals surface area contributed by atoms with Crippen LogP contribution in [0.2, 0.25) is 0 Å². The fraction of sp³-hybridized carbons (Fsp3) is 0.167. The lowest BCUT2D eigenvalue weighted by Crippen LogP contribution is -2.23. The summed E-state index contributed by atoms with van der Waals surface area (Å²) in [7, 11) is -2.43. The van der Waals surface area contributed by atoms with Gasteiger partial charge in [-0.3, -0.25) is 10.1 Å². The Balaban J connectivity index is 2.32. The van der Waals surface area contributed by atoms with E-state index in [4.69, 9.17) is 4.42 Å². The van der Waals surface area contributed by atoms with Crippen LogP contribution in [-0.2, 0) is 16.6 Å². The summed E-state index contributed by atoms with van der Waals surface area (Å²) in [4.78, 5) is 9.91. The van der Waals surface area contributed by atoms with Crippen LogP contribution in [0.25, 0.3) is 0 Å². The van der Waals surface area contributed by atoms with Crippen LogP contribution in [-0.4, -0.2) is 20.4 Å². The van der Waals surface area contributed by atoms with E-state index in [1.54, 1.807) is 19.2 Å². The van der Waals surface area contributed by atoms with E-state index in [-0.39, 0.29) is 6.54 Å². The lowest BCUT2D eigenvalue weighted by molar-refractivity contribution is -0.387. The molecule has 0 aliphatic carbocycles. The molecule has 1 aromatic carbocycles. The van der Waals surface area contributed by atoms with Crippen LogP contribution >= 0.6 is 0 Å². The van der Waals surface area contributed by atoms with Crippen molar-refractivity contribution < 1.29 is 17.8 Å². The highest BCUT2D eigenvalue weighted by molar-refractivity contribution is 7.89. The van der Waals surface area contributed by atoms with E-state index in [1.807, 2.05) is 0 Å². The minimum Gasteiger partial charge on any atom is -0.468 e. The van der Waals surface area contributed by atoms with Gasteiger partial charge in [0.2, 0.25) is 10.0 Å². The molecule has 0 bridgehead atoms. The molecule has 0 aliphatic rings. The molecule has 9 heteroatoms. The van der Waals surface area contributed by atoms with E-state index in [9.17, 15) is 18.5 Å². The van der Waals surface area contributed by atoms with Crippen molar-refractivity contribution in [3.05, 3.63) is 52.5 Å². The standard InChI is InChI=1S/C12H13N3O5S/c1-13-9-4-5-12(11(7-9)15(16)17)21(18,19)14-8-10-3-2-6-20-10/h2-7,13-14H,8H2,1H3. The molecule has 0 saturated heterocycles. The zero-order chi connectivity index (χ0) is 15.5. The lowest BCUT2D eigenvalue weighted by Gasteiger charge is -2.07. The number of sulfonamides is 1. The predicted molar refractivity (Wildman–Crippen MR) is 75.4 cm³/mol. The predicted octanol–water partition coefficient (Wildman–Crippen LogP) is 1.71. The van der Waals surface area contributed by atoms with Gasteiger partial charge < -0.3 is 9.73 Å². The number of hydrogen-bond donors (Lipinski definition) is 2. The fourth-order valence-electron chi connectivity index (χ4n) is 1.70. The van der Waals surface area contributed by atoms with Gasteiger partial charge in [-0.2, -0.15) is 0 Å². The minimum atomic E-state index is -4.02. The van der Waals surface area contributed by atoms with Crippen molar-refractivity contribution in [2.75, 3.05) is 12.4 Å². The van der Waals surface area contributed by atoms with Gasteiger partial charge >= 0.3 is 0 Å². The van der Waals surface area contributed by atoms with Gasteiger partial charge in [0.15, 0.2) is 4.90 Å². The molecule has 0 unspecified atom stereocenters. The Morgan fingerprint density at radius 2 is 2.10 bits per heavy atom. The van der Waals surface area contributed by atoms with E-state index < -0.39 is 25.5 Å². The summed E-state index contributed by atoms with van der Waals surface area (Å²) >= 11 is 0. The number of hydrogen-bond acceptors (Lipinski definition) is 6. The van der Waals surface area contributed by atoms with Crippen LogP contribution in [0, 0.1) is 10.1 Å². The molecule has 8 nitrogen and oxygen atoms in total. The normalized spacial score (nSPS) is 11.3. The molecule has 0 amide bonds. The Morgan fingerprint density at radius 1 is 1.33 bits per heavy atom. The second-order valence-corrected chi connectivity index (χ2v) is 5.83. The summed E-state index contributed by atoms with van der Waals surface area (Å²) in [6, 6.07) is 7.03. The van der Waals surface area contributed by atoms with Gasteiger partial charge in [0.25, 0.3) is 5.69 Å². The molecular weight excluding hydrogens is 298 g/mol. The molecule has 0 atom stereocenters. The van der Waals surface area contributed by atoms with Gasteiger partial charge in [0.1, 0.15) is 5.76 Å². The first kappa shape index (κ1) is 15.0. The Hall–Kier alpha value is -2.39. The molecule has 21 heavy (non-hydrogen) atoms. The Kier molecular flexibility index (Phi) is 4.24. The molecule has 0 radical (unpaired) electrons. The van der Waals surface area contributed by atoms with Crippen LogP contribution in [0.1, 0.15) is 5.76 Å². The van der Waals surface area contributed by atoms with Crippen molar-refractivity contribution >= 4 is 21.4 Å². The number of nitro groups is 1. The molecule has 0 aliphatic heterocycles. The molecule has 2 aromatic rings. The van der Waals surface area contributed by atoms with Crippen molar-refractivity contribution in [3.63, 3.8) is 0 Å². The maximum Gasteiger partial charge on any atom is 0.291 e. The van der Waals surface area contributed by atoms with Gasteiger partial charge in [0.05, 0.1) is 17.7 Å². The first-order chi connectivity index (χ1) is 9.94. The van der Waals surface area contributed by atoms with E-state index in [1.165, 1.54) is 24.5 Å². The van der Waals surface area contributed by atoms with Crippen LogP contribution < -0.4 is 10.0 Å². The average molecular weight is 311 g/mol. The lowest BCUT2D eigenvalue weighted by atomic mass is 10.3. The molecule has 2 N–H and O–H groups in total. The third-order valence-electron chi connectivity index (χ3n) is 2.75. The van der Waals surface area contributed by atoms with E-state index in [0.717, 1.165) is 0 Å². The number of benzene rings is 1. The van der Waals surface area contributed by atoms with Crippen molar-refractivity contribution in [2.24, 2.45) is 0 Å². The van der Waals surface area contributed by atoms with Crippen LogP contribution in [0.15, 0.2) is 45.9 Å². The summed E-state index contributed by atoms with van der Waals surface area (Å²) in [5.74, 6) is 0.410. The number of rotatable bonds is 6. The summed E-state index contributed by atoms with van der Waals surface area (Å²) in [5, 5.41) is 13.8. The van der Waals surface area contributed by atoms with Crippen molar-refractivity contribution in [3.8, 4) is 0 Å². The zero-order valence-corrected chi connectivity index (χ0v) is 11.9. The van der Waals surface area contributed by atoms with Crippen molar-refractivity contribution in [1.29, 1.82) is 0 Å². The van der Waals surface area contributed by atoms with Gasteiger partial charge in [-0.05, 0) is 24.3 Å². The quantitative estimate of drug-likeness (QED) is 0.620. The first-order valence-electron chi connectivity index (χ1n) is 5.92. The topological polar surface area (TPSA) is 114 Å². The molecule has 2 rings (SSSR count). The summed E-state index contributed by atoms with van der Waals surface area (Å²) < 4.78 is 31.6. The van der Waals surface area contributed by atoms with E-state index in [2.05, 4.69) is 10.0 Å². The Bertz CT molecular complexity index is 740. The van der Waals surface area contributed by atoms with Crippen LogP contribution in [0.5, 0.6) is 0 Å². The first-order valence-corrected chi connectivity index (χ1v) is 7.40. The Morgan fingerprint density at radius 3 is 2.67 bits per heavy atom. The van der Waals surface area contributed by atoms with E-state index >= 15 is 0 Å². The SMILES string of the molecule is CNc1ccc(S(=O)(=O)NCc2ccco2)c([N+](=O)[O-])c1. The maximum absolute atomic E-state index is 12.2. The summed E-state index contributed by atoms with van der Waals surface area (Å²) in [6.45, 7) is -0.0831. The van der Waals surface area contributed by atoms with Crippen LogP contribution in [0.3, 0.4) is 0 Å². The van der Waals surface area contributed by atoms with E-state index in [0.29, 0.717) is 11.4 Å². The number of furan rings is 1. The van der Waals surface area contributed by atoms with Crippen molar-refractivity contribution in [2.45, 2.75) is 11.4 Å². The third-order valence-corrected chi connectivity index (χ3v) is 4.20. The molecule has 0 saturated carbocycles. The summed E-state index contributed by atoms with van der Waals surface area (Å²) in [6.07, 6.45) is 1.41. The molecule has 112 valence electrons.